The summed E-state index contributed by atoms with van der Waals surface area (Å²) in [7, 11) is -6.57. The summed E-state index contributed by atoms with van der Waals surface area (Å²) in [4.78, 5) is -0.348. The lowest BCUT2D eigenvalue weighted by Gasteiger charge is -2.12. The van der Waals surface area contributed by atoms with Gasteiger partial charge in [-0.15, -0.1) is 0 Å². The van der Waals surface area contributed by atoms with Crippen LogP contribution >= 0.6 is 0 Å². The first-order valence-electron chi connectivity index (χ1n) is 5.46. The number of hydrogen-bond donors (Lipinski definition) is 3. The van der Waals surface area contributed by atoms with Crippen LogP contribution in [0.3, 0.4) is 0 Å². The number of ether oxygens (including phenoxy) is 1. The van der Waals surface area contributed by atoms with E-state index in [1.807, 2.05) is 0 Å². The van der Waals surface area contributed by atoms with Gasteiger partial charge in [0.2, 0.25) is 10.0 Å². The van der Waals surface area contributed by atoms with Crippen molar-refractivity contribution in [2.75, 3.05) is 11.8 Å². The van der Waals surface area contributed by atoms with Gasteiger partial charge in [-0.2, -0.15) is 5.10 Å². The Balaban J connectivity index is 2.48. The van der Waals surface area contributed by atoms with Gasteiger partial charge < -0.3 is 4.74 Å². The fourth-order valence-corrected chi connectivity index (χ4v) is 3.04. The van der Waals surface area contributed by atoms with Gasteiger partial charge in [-0.25, -0.2) is 22.0 Å². The highest BCUT2D eigenvalue weighted by Gasteiger charge is 2.19. The van der Waals surface area contributed by atoms with Gasteiger partial charge in [-0.1, -0.05) is 0 Å². The van der Waals surface area contributed by atoms with Gasteiger partial charge >= 0.3 is 0 Å². The Labute approximate surface area is 121 Å². The van der Waals surface area contributed by atoms with E-state index in [0.29, 0.717) is 0 Å². The molecule has 2 rings (SSSR count). The molecule has 4 N–H and O–H groups in total. The number of rotatable bonds is 5. The molecular formula is C10H12N4O5S2. The van der Waals surface area contributed by atoms with Crippen molar-refractivity contribution in [1.82, 2.24) is 10.2 Å². The van der Waals surface area contributed by atoms with Crippen molar-refractivity contribution in [3.63, 3.8) is 0 Å². The highest BCUT2D eigenvalue weighted by molar-refractivity contribution is 7.92. The molecule has 0 unspecified atom stereocenters. The first-order valence-corrected chi connectivity index (χ1v) is 8.49. The lowest BCUT2D eigenvalue weighted by atomic mass is 10.3. The molecule has 0 bridgehead atoms. The molecule has 11 heteroatoms. The van der Waals surface area contributed by atoms with Crippen LogP contribution in [0.5, 0.6) is 5.75 Å². The molecule has 0 saturated carbocycles. The van der Waals surface area contributed by atoms with E-state index in [1.165, 1.54) is 25.4 Å². The van der Waals surface area contributed by atoms with Crippen LogP contribution in [-0.4, -0.2) is 34.1 Å². The van der Waals surface area contributed by atoms with Crippen molar-refractivity contribution in [3.8, 4) is 5.75 Å². The summed E-state index contributed by atoms with van der Waals surface area (Å²) in [5.41, 5.74) is -0.0507. The molecule has 2 aromatic rings. The number of H-pyrrole nitrogens is 1. The lowest BCUT2D eigenvalue weighted by molar-refractivity contribution is 0.416. The molecular weight excluding hydrogens is 320 g/mol. The largest absolute Gasteiger partial charge is 0.495 e. The molecule has 0 aliphatic rings. The van der Waals surface area contributed by atoms with Crippen molar-refractivity contribution in [2.45, 2.75) is 9.79 Å². The number of aromatic nitrogens is 2. The Morgan fingerprint density at radius 1 is 1.24 bits per heavy atom. The Morgan fingerprint density at radius 2 is 1.95 bits per heavy atom. The molecule has 1 aromatic heterocycles. The van der Waals surface area contributed by atoms with E-state index in [4.69, 9.17) is 9.88 Å². The topological polar surface area (TPSA) is 144 Å². The van der Waals surface area contributed by atoms with Gasteiger partial charge in [0.05, 0.1) is 23.9 Å². The van der Waals surface area contributed by atoms with Crippen LogP contribution in [0.15, 0.2) is 40.4 Å². The van der Waals surface area contributed by atoms with Crippen LogP contribution in [-0.2, 0) is 20.0 Å². The van der Waals surface area contributed by atoms with Crippen molar-refractivity contribution < 1.29 is 21.6 Å². The molecule has 0 spiro atoms. The van der Waals surface area contributed by atoms with Crippen molar-refractivity contribution in [1.29, 1.82) is 0 Å². The summed E-state index contributed by atoms with van der Waals surface area (Å²) >= 11 is 0. The second-order valence-corrected chi connectivity index (χ2v) is 7.19. The number of nitrogens with one attached hydrogen (secondary N) is 2. The normalized spacial score (nSPS) is 12.1. The highest BCUT2D eigenvalue weighted by Crippen LogP contribution is 2.29. The van der Waals surface area contributed by atoms with Gasteiger partial charge in [0.1, 0.15) is 10.6 Å². The predicted molar refractivity (Wildman–Crippen MR) is 73.8 cm³/mol. The minimum absolute atomic E-state index is 0.0507. The zero-order valence-electron chi connectivity index (χ0n) is 10.8. The smallest absolute Gasteiger partial charge is 0.265 e. The summed E-state index contributed by atoms with van der Waals surface area (Å²) in [6.07, 6.45) is 2.29. The fourth-order valence-electron chi connectivity index (χ4n) is 1.53. The van der Waals surface area contributed by atoms with Gasteiger partial charge in [0.25, 0.3) is 10.0 Å². The van der Waals surface area contributed by atoms with Crippen LogP contribution in [0.2, 0.25) is 0 Å². The van der Waals surface area contributed by atoms with Gasteiger partial charge in [0.15, 0.2) is 0 Å². The number of methoxy groups -OCH3 is 1. The molecule has 0 radical (unpaired) electrons. The van der Waals surface area contributed by atoms with Crippen molar-refractivity contribution in [2.24, 2.45) is 5.14 Å². The molecule has 0 amide bonds. The minimum atomic E-state index is -3.97. The van der Waals surface area contributed by atoms with E-state index in [0.717, 1.165) is 12.3 Å². The zero-order valence-corrected chi connectivity index (χ0v) is 12.4. The number of aromatic amines is 1. The SMILES string of the molecule is COc1ccc(S(N)(=O)=O)cc1NS(=O)(=O)c1cn[nH]c1. The molecule has 9 nitrogen and oxygen atoms in total. The molecule has 21 heavy (non-hydrogen) atoms. The number of benzene rings is 1. The van der Waals surface area contributed by atoms with E-state index in [9.17, 15) is 16.8 Å². The van der Waals surface area contributed by atoms with E-state index in [2.05, 4.69) is 14.9 Å². The van der Waals surface area contributed by atoms with Gasteiger partial charge in [-0.05, 0) is 18.2 Å². The third-order valence-electron chi connectivity index (χ3n) is 2.53. The summed E-state index contributed by atoms with van der Waals surface area (Å²) in [5, 5.41) is 10.9. The van der Waals surface area contributed by atoms with Crippen molar-refractivity contribution in [3.05, 3.63) is 30.6 Å². The monoisotopic (exact) mass is 332 g/mol. The molecule has 1 heterocycles. The zero-order chi connectivity index (χ0) is 15.7. The first kappa shape index (κ1) is 15.3. The molecule has 0 atom stereocenters. The minimum Gasteiger partial charge on any atom is -0.495 e. The third kappa shape index (κ3) is 3.32. The second kappa shape index (κ2) is 5.35. The second-order valence-electron chi connectivity index (χ2n) is 3.95. The van der Waals surface area contributed by atoms with Crippen LogP contribution in [0.25, 0.3) is 0 Å². The van der Waals surface area contributed by atoms with Crippen molar-refractivity contribution >= 4 is 25.7 Å². The lowest BCUT2D eigenvalue weighted by Crippen LogP contribution is -2.15. The number of hydrogen-bond acceptors (Lipinski definition) is 6. The fraction of sp³-hybridized carbons (Fsp3) is 0.100. The number of nitrogens with zero attached hydrogens (tertiary/aromatic N) is 1. The summed E-state index contributed by atoms with van der Waals surface area (Å²) in [6.45, 7) is 0. The van der Waals surface area contributed by atoms with E-state index >= 15 is 0 Å². The standard InChI is InChI=1S/C10H12N4O5S2/c1-19-10-3-2-7(20(11,15)16)4-9(10)14-21(17,18)8-5-12-13-6-8/h2-6,14H,1H3,(H,12,13)(H2,11,15,16). The van der Waals surface area contributed by atoms with Crippen LogP contribution in [0.4, 0.5) is 5.69 Å². The average molecular weight is 332 g/mol. The van der Waals surface area contributed by atoms with Gasteiger partial charge in [0, 0.05) is 6.20 Å². The summed E-state index contributed by atoms with van der Waals surface area (Å²) < 4.78 is 54.0. The molecule has 114 valence electrons. The first-order chi connectivity index (χ1) is 9.74. The number of primary sulfonamides is 1. The quantitative estimate of drug-likeness (QED) is 0.695. The maximum atomic E-state index is 12.1. The molecule has 0 aliphatic carbocycles. The highest BCUT2D eigenvalue weighted by atomic mass is 32.2. The third-order valence-corrected chi connectivity index (χ3v) is 4.77. The maximum absolute atomic E-state index is 12.1. The van der Waals surface area contributed by atoms with E-state index in [1.54, 1.807) is 0 Å². The average Bonchev–Trinajstić information content (AvgIpc) is 2.91. The summed E-state index contributed by atoms with van der Waals surface area (Å²) in [5.74, 6) is 0.148. The van der Waals surface area contributed by atoms with Gasteiger partial charge in [-0.3, -0.25) is 9.82 Å². The number of anilines is 1. The van der Waals surface area contributed by atoms with E-state index < -0.39 is 20.0 Å². The predicted octanol–water partition coefficient (Wildman–Crippen LogP) is -0.134. The number of nitrogens with two attached hydrogens (primary N) is 1. The Hall–Kier alpha value is -2.11. The van der Waals surface area contributed by atoms with Crippen LogP contribution < -0.4 is 14.6 Å². The summed E-state index contributed by atoms with van der Waals surface area (Å²) in [6, 6.07) is 3.59. The molecule has 0 aliphatic heterocycles. The van der Waals surface area contributed by atoms with Crippen LogP contribution in [0, 0.1) is 0 Å². The van der Waals surface area contributed by atoms with Crippen LogP contribution in [0.1, 0.15) is 0 Å². The molecule has 0 saturated heterocycles. The Morgan fingerprint density at radius 3 is 2.48 bits per heavy atom. The Kier molecular flexibility index (Phi) is 3.89. The maximum Gasteiger partial charge on any atom is 0.265 e. The molecule has 0 fully saturated rings. The number of sulfonamides is 2. The Bertz CT molecular complexity index is 844. The van der Waals surface area contributed by atoms with E-state index in [-0.39, 0.29) is 21.2 Å². The molecule has 1 aromatic carbocycles.